The van der Waals surface area contributed by atoms with Crippen molar-refractivity contribution in [2.45, 2.75) is 20.3 Å². The Morgan fingerprint density at radius 2 is 2.21 bits per heavy atom. The predicted octanol–water partition coefficient (Wildman–Crippen LogP) is 2.73. The highest BCUT2D eigenvalue weighted by atomic mass is 35.5. The van der Waals surface area contributed by atoms with Crippen LogP contribution in [0, 0.1) is 6.92 Å². The molecule has 0 radical (unpaired) electrons. The van der Waals surface area contributed by atoms with Crippen LogP contribution in [0.25, 0.3) is 0 Å². The van der Waals surface area contributed by atoms with Crippen LogP contribution in [0.3, 0.4) is 0 Å². The second-order valence-electron chi connectivity index (χ2n) is 3.18. The third-order valence-corrected chi connectivity index (χ3v) is 2.38. The zero-order valence-corrected chi connectivity index (χ0v) is 9.19. The van der Waals surface area contributed by atoms with Gasteiger partial charge in [-0.1, -0.05) is 13.0 Å². The van der Waals surface area contributed by atoms with Crippen molar-refractivity contribution in [3.63, 3.8) is 0 Å². The number of hydrogen-bond donors (Lipinski definition) is 1. The second kappa shape index (κ2) is 5.01. The Labute approximate surface area is 89.3 Å². The minimum absolute atomic E-state index is 0.00463. The van der Waals surface area contributed by atoms with Crippen molar-refractivity contribution in [2.75, 3.05) is 11.2 Å². The lowest BCUT2D eigenvalue weighted by Crippen LogP contribution is -2.12. The van der Waals surface area contributed by atoms with Gasteiger partial charge in [0.15, 0.2) is 0 Å². The van der Waals surface area contributed by atoms with Crippen LogP contribution in [0.1, 0.15) is 18.1 Å². The number of alkyl halides is 1. The van der Waals surface area contributed by atoms with Crippen LogP contribution in [-0.2, 0) is 11.2 Å². The standard InChI is InChI=1S/C11H14ClNO/c1-3-9-6-10(5-4-8(9)2)13-11(14)7-12/h4-6H,3,7H2,1-2H3,(H,13,14). The Bertz CT molecular complexity index is 336. The van der Waals surface area contributed by atoms with Gasteiger partial charge in [0, 0.05) is 5.69 Å². The van der Waals surface area contributed by atoms with Crippen molar-refractivity contribution in [3.8, 4) is 0 Å². The molecule has 0 aliphatic heterocycles. The lowest BCUT2D eigenvalue weighted by atomic mass is 10.1. The number of anilines is 1. The predicted molar refractivity (Wildman–Crippen MR) is 59.9 cm³/mol. The average Bonchev–Trinajstić information content (AvgIpc) is 2.20. The highest BCUT2D eigenvalue weighted by Gasteiger charge is 2.01. The van der Waals surface area contributed by atoms with E-state index < -0.39 is 0 Å². The van der Waals surface area contributed by atoms with Gasteiger partial charge >= 0.3 is 0 Å². The van der Waals surface area contributed by atoms with Gasteiger partial charge < -0.3 is 5.32 Å². The van der Waals surface area contributed by atoms with Crippen LogP contribution in [0.2, 0.25) is 0 Å². The number of aryl methyl sites for hydroxylation is 2. The van der Waals surface area contributed by atoms with Crippen molar-refractivity contribution in [1.29, 1.82) is 0 Å². The molecule has 2 nitrogen and oxygen atoms in total. The van der Waals surface area contributed by atoms with Crippen molar-refractivity contribution in [3.05, 3.63) is 29.3 Å². The van der Waals surface area contributed by atoms with Crippen LogP contribution < -0.4 is 5.32 Å². The van der Waals surface area contributed by atoms with E-state index in [2.05, 4.69) is 19.2 Å². The van der Waals surface area contributed by atoms with E-state index in [1.165, 1.54) is 11.1 Å². The number of amides is 1. The lowest BCUT2D eigenvalue weighted by Gasteiger charge is -2.07. The number of halogens is 1. The molecular weight excluding hydrogens is 198 g/mol. The van der Waals surface area contributed by atoms with Crippen molar-refractivity contribution in [1.82, 2.24) is 0 Å². The molecule has 1 aromatic carbocycles. The van der Waals surface area contributed by atoms with Gasteiger partial charge in [-0.05, 0) is 36.6 Å². The van der Waals surface area contributed by atoms with Gasteiger partial charge in [0.2, 0.25) is 5.91 Å². The molecule has 0 atom stereocenters. The minimum Gasteiger partial charge on any atom is -0.325 e. The molecule has 1 N–H and O–H groups in total. The molecule has 1 aromatic rings. The molecule has 0 aromatic heterocycles. The molecule has 0 aliphatic carbocycles. The fourth-order valence-corrected chi connectivity index (χ4v) is 1.39. The van der Waals surface area contributed by atoms with Gasteiger partial charge in [-0.2, -0.15) is 0 Å². The first kappa shape index (κ1) is 11.1. The third kappa shape index (κ3) is 2.74. The van der Waals surface area contributed by atoms with Gasteiger partial charge in [-0.3, -0.25) is 4.79 Å². The molecule has 14 heavy (non-hydrogen) atoms. The van der Waals surface area contributed by atoms with Crippen molar-refractivity contribution in [2.24, 2.45) is 0 Å². The van der Waals surface area contributed by atoms with Crippen molar-refractivity contribution >= 4 is 23.2 Å². The Balaban J connectivity index is 2.84. The van der Waals surface area contributed by atoms with Gasteiger partial charge in [0.25, 0.3) is 0 Å². The summed E-state index contributed by atoms with van der Waals surface area (Å²) < 4.78 is 0. The van der Waals surface area contributed by atoms with Crippen LogP contribution in [-0.4, -0.2) is 11.8 Å². The Morgan fingerprint density at radius 1 is 1.50 bits per heavy atom. The molecule has 3 heteroatoms. The maximum Gasteiger partial charge on any atom is 0.239 e. The fourth-order valence-electron chi connectivity index (χ4n) is 1.32. The number of benzene rings is 1. The van der Waals surface area contributed by atoms with E-state index in [1.54, 1.807) is 0 Å². The SMILES string of the molecule is CCc1cc(NC(=O)CCl)ccc1C. The summed E-state index contributed by atoms with van der Waals surface area (Å²) in [6, 6.07) is 5.88. The van der Waals surface area contributed by atoms with E-state index in [4.69, 9.17) is 11.6 Å². The van der Waals surface area contributed by atoms with Crippen LogP contribution >= 0.6 is 11.6 Å². The maximum absolute atomic E-state index is 11.0. The molecule has 0 spiro atoms. The molecule has 0 fully saturated rings. The molecule has 0 aliphatic rings. The largest absolute Gasteiger partial charge is 0.325 e. The van der Waals surface area contributed by atoms with E-state index >= 15 is 0 Å². The summed E-state index contributed by atoms with van der Waals surface area (Å²) in [7, 11) is 0. The topological polar surface area (TPSA) is 29.1 Å². The van der Waals surface area contributed by atoms with Gasteiger partial charge in [0.05, 0.1) is 0 Å². The van der Waals surface area contributed by atoms with Gasteiger partial charge in [-0.15, -0.1) is 11.6 Å². The third-order valence-electron chi connectivity index (χ3n) is 2.14. The highest BCUT2D eigenvalue weighted by molar-refractivity contribution is 6.29. The second-order valence-corrected chi connectivity index (χ2v) is 3.44. The number of hydrogen-bond acceptors (Lipinski definition) is 1. The highest BCUT2D eigenvalue weighted by Crippen LogP contribution is 2.15. The number of carbonyl (C=O) groups is 1. The normalized spacial score (nSPS) is 9.93. The van der Waals surface area contributed by atoms with Crippen LogP contribution in [0.4, 0.5) is 5.69 Å². The summed E-state index contributed by atoms with van der Waals surface area (Å²) in [6.07, 6.45) is 0.969. The minimum atomic E-state index is -0.169. The Morgan fingerprint density at radius 3 is 2.79 bits per heavy atom. The summed E-state index contributed by atoms with van der Waals surface area (Å²) in [5, 5.41) is 2.72. The Hall–Kier alpha value is -1.02. The molecular formula is C11H14ClNO. The van der Waals surface area contributed by atoms with E-state index in [0.29, 0.717) is 0 Å². The quantitative estimate of drug-likeness (QED) is 0.766. The molecule has 1 rings (SSSR count). The first-order valence-electron chi connectivity index (χ1n) is 4.62. The number of nitrogens with one attached hydrogen (secondary N) is 1. The monoisotopic (exact) mass is 211 g/mol. The maximum atomic E-state index is 11.0. The summed E-state index contributed by atoms with van der Waals surface area (Å²) >= 11 is 5.39. The number of carbonyl (C=O) groups excluding carboxylic acids is 1. The zero-order valence-electron chi connectivity index (χ0n) is 8.43. The van der Waals surface area contributed by atoms with Crippen LogP contribution in [0.5, 0.6) is 0 Å². The summed E-state index contributed by atoms with van der Waals surface area (Å²) in [6.45, 7) is 4.15. The molecule has 0 saturated carbocycles. The molecule has 76 valence electrons. The fraction of sp³-hybridized carbons (Fsp3) is 0.364. The molecule has 0 unspecified atom stereocenters. The Kier molecular flexibility index (Phi) is 3.96. The first-order valence-corrected chi connectivity index (χ1v) is 5.16. The van der Waals surface area contributed by atoms with Crippen LogP contribution in [0.15, 0.2) is 18.2 Å². The summed E-state index contributed by atoms with van der Waals surface area (Å²) in [4.78, 5) is 11.0. The summed E-state index contributed by atoms with van der Waals surface area (Å²) in [5.74, 6) is -0.174. The van der Waals surface area contributed by atoms with E-state index in [1.807, 2.05) is 18.2 Å². The van der Waals surface area contributed by atoms with Gasteiger partial charge in [0.1, 0.15) is 5.88 Å². The van der Waals surface area contributed by atoms with Crippen molar-refractivity contribution < 1.29 is 4.79 Å². The lowest BCUT2D eigenvalue weighted by molar-refractivity contribution is -0.113. The molecule has 1 amide bonds. The van der Waals surface area contributed by atoms with Gasteiger partial charge in [-0.25, -0.2) is 0 Å². The van der Waals surface area contributed by atoms with E-state index in [9.17, 15) is 4.79 Å². The first-order chi connectivity index (χ1) is 6.67. The summed E-state index contributed by atoms with van der Waals surface area (Å²) in [5.41, 5.74) is 3.31. The van der Waals surface area contributed by atoms with E-state index in [0.717, 1.165) is 12.1 Å². The molecule has 0 heterocycles. The van der Waals surface area contributed by atoms with E-state index in [-0.39, 0.29) is 11.8 Å². The smallest absolute Gasteiger partial charge is 0.239 e. The zero-order chi connectivity index (χ0) is 10.6. The average molecular weight is 212 g/mol. The molecule has 0 bridgehead atoms. The number of rotatable bonds is 3. The molecule has 0 saturated heterocycles.